The summed E-state index contributed by atoms with van der Waals surface area (Å²) < 4.78 is 0. The number of hydrogen-bond acceptors (Lipinski definition) is 1. The van der Waals surface area contributed by atoms with Crippen LogP contribution in [0.1, 0.15) is 36.9 Å². The van der Waals surface area contributed by atoms with E-state index in [0.29, 0.717) is 6.04 Å². The molecule has 1 heteroatoms. The molecular formula is C14H21N. The smallest absolute Gasteiger partial charge is 0.0348 e. The van der Waals surface area contributed by atoms with Gasteiger partial charge in [-0.05, 0) is 49.8 Å². The maximum Gasteiger partial charge on any atom is 0.0348 e. The molecule has 1 aromatic carbocycles. The van der Waals surface area contributed by atoms with Crippen molar-refractivity contribution in [1.29, 1.82) is 0 Å². The molecule has 1 saturated carbocycles. The van der Waals surface area contributed by atoms with Crippen molar-refractivity contribution < 1.29 is 0 Å². The predicted octanol–water partition coefficient (Wildman–Crippen LogP) is 3.30. The van der Waals surface area contributed by atoms with E-state index in [9.17, 15) is 0 Å². The van der Waals surface area contributed by atoms with E-state index in [1.54, 1.807) is 0 Å². The molecule has 2 atom stereocenters. The van der Waals surface area contributed by atoms with Crippen LogP contribution < -0.4 is 5.32 Å². The molecule has 1 fully saturated rings. The molecule has 1 nitrogen and oxygen atoms in total. The van der Waals surface area contributed by atoms with Crippen molar-refractivity contribution in [1.82, 2.24) is 5.32 Å². The van der Waals surface area contributed by atoms with Crippen LogP contribution in [0.2, 0.25) is 0 Å². The van der Waals surface area contributed by atoms with Crippen LogP contribution in [-0.2, 0) is 0 Å². The van der Waals surface area contributed by atoms with Crippen molar-refractivity contribution in [3.8, 4) is 0 Å². The van der Waals surface area contributed by atoms with Crippen LogP contribution in [0.4, 0.5) is 0 Å². The minimum Gasteiger partial charge on any atom is -0.313 e. The van der Waals surface area contributed by atoms with Crippen LogP contribution in [-0.4, -0.2) is 7.05 Å². The summed E-state index contributed by atoms with van der Waals surface area (Å²) in [7, 11) is 2.08. The molecule has 0 saturated heterocycles. The van der Waals surface area contributed by atoms with Gasteiger partial charge in [-0.15, -0.1) is 0 Å². The van der Waals surface area contributed by atoms with E-state index in [1.165, 1.54) is 24.0 Å². The minimum atomic E-state index is 0.527. The summed E-state index contributed by atoms with van der Waals surface area (Å²) in [4.78, 5) is 0. The quantitative estimate of drug-likeness (QED) is 0.791. The van der Waals surface area contributed by atoms with Crippen molar-refractivity contribution in [2.75, 3.05) is 7.05 Å². The molecule has 1 aliphatic carbocycles. The summed E-state index contributed by atoms with van der Waals surface area (Å²) in [6.07, 6.45) is 2.84. The second kappa shape index (κ2) is 4.36. The Hall–Kier alpha value is -0.820. The van der Waals surface area contributed by atoms with Crippen LogP contribution in [0, 0.1) is 18.8 Å². The Kier molecular flexibility index (Phi) is 3.11. The maximum absolute atomic E-state index is 3.48. The lowest BCUT2D eigenvalue weighted by Crippen LogP contribution is -2.25. The molecule has 0 bridgehead atoms. The van der Waals surface area contributed by atoms with E-state index in [1.807, 2.05) is 0 Å². The molecule has 0 radical (unpaired) electrons. The molecule has 2 rings (SSSR count). The van der Waals surface area contributed by atoms with Crippen LogP contribution in [0.15, 0.2) is 24.3 Å². The van der Waals surface area contributed by atoms with E-state index in [0.717, 1.165) is 11.8 Å². The fourth-order valence-electron chi connectivity index (χ4n) is 2.53. The highest BCUT2D eigenvalue weighted by Crippen LogP contribution is 2.42. The van der Waals surface area contributed by atoms with Gasteiger partial charge >= 0.3 is 0 Å². The zero-order chi connectivity index (χ0) is 10.8. The first-order valence-corrected chi connectivity index (χ1v) is 5.97. The average Bonchev–Trinajstić information content (AvgIpc) is 3.05. The van der Waals surface area contributed by atoms with E-state index < -0.39 is 0 Å². The Bertz CT molecular complexity index is 328. The van der Waals surface area contributed by atoms with Crippen molar-refractivity contribution in [3.63, 3.8) is 0 Å². The SMILES string of the molecule is CNC(c1ccccc1C)C(C)C1CC1. The Labute approximate surface area is 92.9 Å². The third-order valence-electron chi connectivity index (χ3n) is 3.73. The van der Waals surface area contributed by atoms with Crippen LogP contribution >= 0.6 is 0 Å². The molecule has 1 aliphatic rings. The molecule has 1 aromatic rings. The van der Waals surface area contributed by atoms with E-state index in [4.69, 9.17) is 0 Å². The molecule has 15 heavy (non-hydrogen) atoms. The van der Waals surface area contributed by atoms with Gasteiger partial charge in [0, 0.05) is 6.04 Å². The average molecular weight is 203 g/mol. The van der Waals surface area contributed by atoms with Crippen LogP contribution in [0.5, 0.6) is 0 Å². The molecule has 1 N–H and O–H groups in total. The first-order valence-electron chi connectivity index (χ1n) is 5.97. The van der Waals surface area contributed by atoms with Crippen molar-refractivity contribution in [2.45, 2.75) is 32.7 Å². The van der Waals surface area contributed by atoms with E-state index >= 15 is 0 Å². The predicted molar refractivity (Wildman–Crippen MR) is 64.9 cm³/mol. The zero-order valence-corrected chi connectivity index (χ0v) is 9.96. The van der Waals surface area contributed by atoms with Gasteiger partial charge in [0.1, 0.15) is 0 Å². The molecule has 0 aromatic heterocycles. The highest BCUT2D eigenvalue weighted by molar-refractivity contribution is 5.29. The maximum atomic E-state index is 3.48. The summed E-state index contributed by atoms with van der Waals surface area (Å²) >= 11 is 0. The zero-order valence-electron chi connectivity index (χ0n) is 9.96. The topological polar surface area (TPSA) is 12.0 Å². The summed E-state index contributed by atoms with van der Waals surface area (Å²) in [6.45, 7) is 4.59. The van der Waals surface area contributed by atoms with Gasteiger partial charge in [-0.1, -0.05) is 31.2 Å². The van der Waals surface area contributed by atoms with Crippen LogP contribution in [0.25, 0.3) is 0 Å². The van der Waals surface area contributed by atoms with E-state index in [-0.39, 0.29) is 0 Å². The normalized spacial score (nSPS) is 19.9. The Morgan fingerprint density at radius 3 is 2.47 bits per heavy atom. The summed E-state index contributed by atoms with van der Waals surface area (Å²) in [5, 5.41) is 3.48. The second-order valence-electron chi connectivity index (χ2n) is 4.82. The summed E-state index contributed by atoms with van der Waals surface area (Å²) in [5.41, 5.74) is 2.88. The monoisotopic (exact) mass is 203 g/mol. The highest BCUT2D eigenvalue weighted by Gasteiger charge is 2.33. The van der Waals surface area contributed by atoms with Gasteiger partial charge in [0.2, 0.25) is 0 Å². The Morgan fingerprint density at radius 2 is 1.93 bits per heavy atom. The molecule has 0 amide bonds. The fourth-order valence-corrected chi connectivity index (χ4v) is 2.53. The molecule has 0 spiro atoms. The Balaban J connectivity index is 2.21. The van der Waals surface area contributed by atoms with E-state index in [2.05, 4.69) is 50.5 Å². The third-order valence-corrected chi connectivity index (χ3v) is 3.73. The van der Waals surface area contributed by atoms with Crippen LogP contribution in [0.3, 0.4) is 0 Å². The largest absolute Gasteiger partial charge is 0.313 e. The van der Waals surface area contributed by atoms with Crippen molar-refractivity contribution >= 4 is 0 Å². The van der Waals surface area contributed by atoms with Gasteiger partial charge in [-0.2, -0.15) is 0 Å². The van der Waals surface area contributed by atoms with Gasteiger partial charge in [0.25, 0.3) is 0 Å². The van der Waals surface area contributed by atoms with Gasteiger partial charge < -0.3 is 5.32 Å². The lowest BCUT2D eigenvalue weighted by atomic mass is 9.88. The van der Waals surface area contributed by atoms with Gasteiger partial charge in [-0.25, -0.2) is 0 Å². The number of aryl methyl sites for hydroxylation is 1. The molecule has 0 aliphatic heterocycles. The highest BCUT2D eigenvalue weighted by atomic mass is 14.9. The summed E-state index contributed by atoms with van der Waals surface area (Å²) in [5.74, 6) is 1.71. The molecule has 0 heterocycles. The fraction of sp³-hybridized carbons (Fsp3) is 0.571. The summed E-state index contributed by atoms with van der Waals surface area (Å²) in [6, 6.07) is 9.26. The first kappa shape index (κ1) is 10.7. The third kappa shape index (κ3) is 2.23. The number of rotatable bonds is 4. The number of nitrogens with one attached hydrogen (secondary N) is 1. The standard InChI is InChI=1S/C14H21N/c1-10-6-4-5-7-13(10)14(15-3)11(2)12-8-9-12/h4-7,11-12,14-15H,8-9H2,1-3H3. The minimum absolute atomic E-state index is 0.527. The van der Waals surface area contributed by atoms with Gasteiger partial charge in [0.05, 0.1) is 0 Å². The number of benzene rings is 1. The lowest BCUT2D eigenvalue weighted by Gasteiger charge is -2.25. The lowest BCUT2D eigenvalue weighted by molar-refractivity contribution is 0.368. The first-order chi connectivity index (χ1) is 7.24. The van der Waals surface area contributed by atoms with Crippen molar-refractivity contribution in [2.24, 2.45) is 11.8 Å². The molecule has 82 valence electrons. The molecule has 2 unspecified atom stereocenters. The molecular weight excluding hydrogens is 182 g/mol. The van der Waals surface area contributed by atoms with Crippen molar-refractivity contribution in [3.05, 3.63) is 35.4 Å². The van der Waals surface area contributed by atoms with Gasteiger partial charge in [0.15, 0.2) is 0 Å². The van der Waals surface area contributed by atoms with Gasteiger partial charge in [-0.3, -0.25) is 0 Å². The number of hydrogen-bond donors (Lipinski definition) is 1. The second-order valence-corrected chi connectivity index (χ2v) is 4.82. The Morgan fingerprint density at radius 1 is 1.27 bits per heavy atom.